The number of hydrogen-bond donors (Lipinski definition) is 0. The number of fused-ring (bicyclic) bond motifs is 1. The van der Waals surface area contributed by atoms with Crippen LogP contribution in [0.15, 0.2) is 22.8 Å². The predicted octanol–water partition coefficient (Wildman–Crippen LogP) is 3.05. The average molecular weight is 256 g/mol. The van der Waals surface area contributed by atoms with Crippen molar-refractivity contribution in [2.75, 3.05) is 0 Å². The van der Waals surface area contributed by atoms with Crippen LogP contribution in [0, 0.1) is 5.41 Å². The Kier molecular flexibility index (Phi) is 4.93. The van der Waals surface area contributed by atoms with Crippen molar-refractivity contribution in [3.8, 4) is 0 Å². The van der Waals surface area contributed by atoms with Gasteiger partial charge >= 0.3 is 0 Å². The third kappa shape index (κ3) is 3.46. The Labute approximate surface area is 116 Å². The molecule has 0 bridgehead atoms. The minimum Gasteiger partial charge on any atom is -0.356 e. The van der Waals surface area contributed by atoms with E-state index in [0.29, 0.717) is 11.3 Å². The average Bonchev–Trinajstić information content (AvgIpc) is 2.58. The molecule has 19 heavy (non-hydrogen) atoms. The second-order valence-electron chi connectivity index (χ2n) is 5.28. The molecule has 1 aliphatic rings. The molecule has 2 rings (SSSR count). The van der Waals surface area contributed by atoms with E-state index in [4.69, 9.17) is 7.98 Å². The van der Waals surface area contributed by atoms with Crippen molar-refractivity contribution >= 4 is 20.1 Å². The summed E-state index contributed by atoms with van der Waals surface area (Å²) in [5, 5.41) is 0. The molecule has 0 saturated carbocycles. The molecule has 0 N–H and O–H groups in total. The Morgan fingerprint density at radius 2 is 1.95 bits per heavy atom. The summed E-state index contributed by atoms with van der Waals surface area (Å²) in [5.41, 5.74) is 2.39. The van der Waals surface area contributed by atoms with Gasteiger partial charge in [-0.25, -0.2) is 4.98 Å². The molecule has 1 aliphatic carbocycles. The van der Waals surface area contributed by atoms with E-state index in [0.717, 1.165) is 10.9 Å². The molecule has 0 spiro atoms. The van der Waals surface area contributed by atoms with Crippen molar-refractivity contribution in [1.82, 2.24) is 9.46 Å². The first-order chi connectivity index (χ1) is 8.89. The zero-order valence-electron chi connectivity index (χ0n) is 12.4. The van der Waals surface area contributed by atoms with Crippen LogP contribution in [0.4, 0.5) is 0 Å². The van der Waals surface area contributed by atoms with Gasteiger partial charge in [0, 0.05) is 0 Å². The third-order valence-electron chi connectivity index (χ3n) is 2.96. The summed E-state index contributed by atoms with van der Waals surface area (Å²) in [6, 6.07) is 0. The molecular weight excluding hydrogens is 235 g/mol. The van der Waals surface area contributed by atoms with Gasteiger partial charge in [0.1, 0.15) is 0 Å². The van der Waals surface area contributed by atoms with Crippen molar-refractivity contribution in [3.05, 3.63) is 39.6 Å². The maximum atomic E-state index is 11.8. The molecular formula is C15H21BN2O. The van der Waals surface area contributed by atoms with E-state index in [1.165, 1.54) is 11.9 Å². The fourth-order valence-electron chi connectivity index (χ4n) is 1.82. The van der Waals surface area contributed by atoms with Crippen molar-refractivity contribution < 1.29 is 0 Å². The molecule has 2 radical (unpaired) electrons. The molecule has 1 heterocycles. The first-order valence-corrected chi connectivity index (χ1v) is 6.64. The van der Waals surface area contributed by atoms with Gasteiger partial charge in [-0.05, 0) is 17.9 Å². The minimum absolute atomic E-state index is 0.0746. The number of allylic oxidation sites excluding steroid dienone is 2. The largest absolute Gasteiger partial charge is 0.356 e. The van der Waals surface area contributed by atoms with E-state index in [9.17, 15) is 4.79 Å². The van der Waals surface area contributed by atoms with E-state index in [-0.39, 0.29) is 11.0 Å². The highest BCUT2D eigenvalue weighted by atomic mass is 16.1. The number of hydrogen-bond acceptors (Lipinski definition) is 2. The quantitative estimate of drug-likeness (QED) is 0.668. The van der Waals surface area contributed by atoms with Gasteiger partial charge in [0.25, 0.3) is 0 Å². The summed E-state index contributed by atoms with van der Waals surface area (Å²) in [6.07, 6.45) is 7.99. The van der Waals surface area contributed by atoms with E-state index < -0.39 is 0 Å². The van der Waals surface area contributed by atoms with Crippen molar-refractivity contribution in [3.63, 3.8) is 0 Å². The minimum atomic E-state index is -0.211. The molecule has 100 valence electrons. The number of nitrogens with zero attached hydrogens (tertiary/aromatic N) is 2. The topological polar surface area (TPSA) is 34.9 Å². The van der Waals surface area contributed by atoms with Crippen molar-refractivity contribution in [1.29, 1.82) is 0 Å². The van der Waals surface area contributed by atoms with E-state index in [2.05, 4.69) is 25.8 Å². The van der Waals surface area contributed by atoms with Gasteiger partial charge in [0.2, 0.25) is 13.5 Å². The molecule has 1 aromatic rings. The summed E-state index contributed by atoms with van der Waals surface area (Å²) in [4.78, 5) is 16.1. The lowest BCUT2D eigenvalue weighted by atomic mass is 9.84. The normalized spacial score (nSPS) is 13.8. The van der Waals surface area contributed by atoms with Crippen LogP contribution in [-0.2, 0) is 0 Å². The third-order valence-corrected chi connectivity index (χ3v) is 2.96. The first kappa shape index (κ1) is 15.5. The van der Waals surface area contributed by atoms with E-state index in [1.807, 2.05) is 32.1 Å². The van der Waals surface area contributed by atoms with Crippen LogP contribution in [-0.4, -0.2) is 17.4 Å². The van der Waals surface area contributed by atoms with Crippen LogP contribution in [0.25, 0.3) is 12.2 Å². The molecule has 1 aromatic heterocycles. The van der Waals surface area contributed by atoms with Gasteiger partial charge in [-0.2, -0.15) is 0 Å². The highest BCUT2D eigenvalue weighted by molar-refractivity contribution is 6.06. The van der Waals surface area contributed by atoms with Gasteiger partial charge in [0.05, 0.1) is 17.6 Å². The molecule has 3 nitrogen and oxygen atoms in total. The Morgan fingerprint density at radius 3 is 2.53 bits per heavy atom. The van der Waals surface area contributed by atoms with Crippen LogP contribution in [0.3, 0.4) is 0 Å². The van der Waals surface area contributed by atoms with E-state index >= 15 is 0 Å². The maximum absolute atomic E-state index is 11.8. The van der Waals surface area contributed by atoms with Gasteiger partial charge in [-0.1, -0.05) is 52.3 Å². The molecule has 0 saturated heterocycles. The highest BCUT2D eigenvalue weighted by Gasteiger charge is 2.19. The fourth-order valence-corrected chi connectivity index (χ4v) is 1.82. The molecule has 0 aliphatic heterocycles. The molecule has 4 heteroatoms. The standard InChI is InChI=1S/C13H15BN2O.C2H6/c1-13(2,3)9-5-4-6-10-11(7-9)15-8-16(14)12(10)17;1-2/h4,6-8H,5H2,1-3H3;1-2H3. The monoisotopic (exact) mass is 256 g/mol. The fraction of sp³-hybridized carbons (Fsp3) is 0.467. The zero-order valence-corrected chi connectivity index (χ0v) is 12.4. The van der Waals surface area contributed by atoms with Crippen LogP contribution in [0.5, 0.6) is 0 Å². The zero-order chi connectivity index (χ0) is 14.6. The first-order valence-electron chi connectivity index (χ1n) is 6.64. The lowest BCUT2D eigenvalue weighted by Gasteiger charge is -2.21. The van der Waals surface area contributed by atoms with Crippen LogP contribution >= 0.6 is 0 Å². The van der Waals surface area contributed by atoms with Crippen LogP contribution in [0.1, 0.15) is 52.3 Å². The Hall–Kier alpha value is -1.58. The number of aromatic nitrogens is 2. The second kappa shape index (κ2) is 6.05. The maximum Gasteiger partial charge on any atom is 0.248 e. The summed E-state index contributed by atoms with van der Waals surface area (Å²) in [6.45, 7) is 10.5. The molecule has 0 fully saturated rings. The van der Waals surface area contributed by atoms with Crippen molar-refractivity contribution in [2.45, 2.75) is 41.0 Å². The molecule has 0 atom stereocenters. The lowest BCUT2D eigenvalue weighted by Crippen LogP contribution is -2.22. The summed E-state index contributed by atoms with van der Waals surface area (Å²) in [7, 11) is 5.50. The van der Waals surface area contributed by atoms with Gasteiger partial charge < -0.3 is 4.48 Å². The lowest BCUT2D eigenvalue weighted by molar-refractivity contribution is 0.498. The SMILES string of the molecule is CC.[B]n1cnc2c(c1=O)C=CCC(C(C)(C)C)=C2. The second-order valence-corrected chi connectivity index (χ2v) is 5.28. The van der Waals surface area contributed by atoms with Crippen LogP contribution < -0.4 is 5.56 Å². The van der Waals surface area contributed by atoms with Crippen molar-refractivity contribution in [2.24, 2.45) is 5.41 Å². The predicted molar refractivity (Wildman–Crippen MR) is 82.1 cm³/mol. The summed E-state index contributed by atoms with van der Waals surface area (Å²) >= 11 is 0. The summed E-state index contributed by atoms with van der Waals surface area (Å²) in [5.74, 6) is 0. The highest BCUT2D eigenvalue weighted by Crippen LogP contribution is 2.31. The number of rotatable bonds is 0. The smallest absolute Gasteiger partial charge is 0.248 e. The van der Waals surface area contributed by atoms with Gasteiger partial charge in [-0.15, -0.1) is 0 Å². The molecule has 0 unspecified atom stereocenters. The van der Waals surface area contributed by atoms with E-state index in [1.54, 1.807) is 0 Å². The Morgan fingerprint density at radius 1 is 1.32 bits per heavy atom. The summed E-state index contributed by atoms with van der Waals surface area (Å²) < 4.78 is 1.01. The Balaban J connectivity index is 0.000000861. The molecule has 0 aromatic carbocycles. The van der Waals surface area contributed by atoms with Crippen LogP contribution in [0.2, 0.25) is 0 Å². The molecule has 0 amide bonds. The Bertz CT molecular complexity index is 562. The van der Waals surface area contributed by atoms with Gasteiger partial charge in [-0.3, -0.25) is 4.79 Å². The van der Waals surface area contributed by atoms with Gasteiger partial charge in [0.15, 0.2) is 0 Å².